The number of terminal acetylenes is 1. The molecule has 0 atom stereocenters. The molecule has 0 N–H and O–H groups in total. The quantitative estimate of drug-likeness (QED) is 0.467. The van der Waals surface area contributed by atoms with Gasteiger partial charge in [0, 0.05) is 43.9 Å². The lowest BCUT2D eigenvalue weighted by atomic mass is 10.2. The molecule has 7 nitrogen and oxygen atoms in total. The molecule has 0 saturated carbocycles. The van der Waals surface area contributed by atoms with E-state index in [2.05, 4.69) is 10.8 Å². The van der Waals surface area contributed by atoms with E-state index in [1.807, 2.05) is 6.92 Å². The maximum atomic E-state index is 12.6. The first kappa shape index (κ1) is 16.4. The Bertz CT molecular complexity index is 716. The summed E-state index contributed by atoms with van der Waals surface area (Å²) in [7, 11) is -3.78. The molecule has 8 heteroatoms. The second-order valence-electron chi connectivity index (χ2n) is 4.96. The van der Waals surface area contributed by atoms with Gasteiger partial charge in [0.15, 0.2) is 0 Å². The lowest BCUT2D eigenvalue weighted by Crippen LogP contribution is -2.48. The SMILES string of the molecule is C#Cc1cc([N+](=O)[O-])cc(S(=O)(=O)N2CCN(CC)CC2)c1. The minimum Gasteiger partial charge on any atom is -0.301 e. The van der Waals surface area contributed by atoms with E-state index in [0.717, 1.165) is 12.6 Å². The van der Waals surface area contributed by atoms with Crippen molar-refractivity contribution in [3.05, 3.63) is 33.9 Å². The van der Waals surface area contributed by atoms with Crippen LogP contribution in [-0.4, -0.2) is 55.3 Å². The average Bonchev–Trinajstić information content (AvgIpc) is 2.54. The number of benzene rings is 1. The smallest absolute Gasteiger partial charge is 0.272 e. The highest BCUT2D eigenvalue weighted by Gasteiger charge is 2.29. The summed E-state index contributed by atoms with van der Waals surface area (Å²) in [4.78, 5) is 12.3. The van der Waals surface area contributed by atoms with Crippen LogP contribution in [0.2, 0.25) is 0 Å². The fourth-order valence-electron chi connectivity index (χ4n) is 2.36. The number of nitro groups is 1. The van der Waals surface area contributed by atoms with Crippen LogP contribution in [0.4, 0.5) is 5.69 Å². The summed E-state index contributed by atoms with van der Waals surface area (Å²) in [5.74, 6) is 2.26. The minimum absolute atomic E-state index is 0.125. The van der Waals surface area contributed by atoms with Gasteiger partial charge >= 0.3 is 0 Å². The zero-order valence-corrected chi connectivity index (χ0v) is 13.0. The zero-order valence-electron chi connectivity index (χ0n) is 12.2. The van der Waals surface area contributed by atoms with Crippen molar-refractivity contribution in [2.45, 2.75) is 11.8 Å². The minimum atomic E-state index is -3.78. The molecular formula is C14H17N3O4S. The van der Waals surface area contributed by atoms with Crippen molar-refractivity contribution in [3.8, 4) is 12.3 Å². The molecule has 22 heavy (non-hydrogen) atoms. The molecule has 118 valence electrons. The lowest BCUT2D eigenvalue weighted by Gasteiger charge is -2.33. The highest BCUT2D eigenvalue weighted by molar-refractivity contribution is 7.89. The average molecular weight is 323 g/mol. The molecule has 0 unspecified atom stereocenters. The van der Waals surface area contributed by atoms with Crippen LogP contribution in [0.3, 0.4) is 0 Å². The summed E-state index contributed by atoms with van der Waals surface area (Å²) in [6.07, 6.45) is 5.26. The number of piperazine rings is 1. The molecule has 1 saturated heterocycles. The predicted molar refractivity (Wildman–Crippen MR) is 81.9 cm³/mol. The van der Waals surface area contributed by atoms with E-state index in [0.29, 0.717) is 26.2 Å². The molecule has 1 aliphatic heterocycles. The van der Waals surface area contributed by atoms with Gasteiger partial charge in [0.1, 0.15) is 0 Å². The van der Waals surface area contributed by atoms with Crippen molar-refractivity contribution in [2.75, 3.05) is 32.7 Å². The summed E-state index contributed by atoms with van der Waals surface area (Å²) in [5, 5.41) is 10.9. The van der Waals surface area contributed by atoms with E-state index in [1.165, 1.54) is 16.4 Å². The van der Waals surface area contributed by atoms with E-state index in [4.69, 9.17) is 6.42 Å². The van der Waals surface area contributed by atoms with Crippen LogP contribution in [0.15, 0.2) is 23.1 Å². The van der Waals surface area contributed by atoms with Crippen molar-refractivity contribution < 1.29 is 13.3 Å². The van der Waals surface area contributed by atoms with Crippen molar-refractivity contribution in [1.82, 2.24) is 9.21 Å². The summed E-state index contributed by atoms with van der Waals surface area (Å²) in [6.45, 7) is 4.91. The molecule has 0 bridgehead atoms. The Morgan fingerprint density at radius 2 is 1.91 bits per heavy atom. The monoisotopic (exact) mass is 323 g/mol. The van der Waals surface area contributed by atoms with Gasteiger partial charge in [-0.25, -0.2) is 8.42 Å². The van der Waals surface area contributed by atoms with Gasteiger partial charge in [0.2, 0.25) is 10.0 Å². The molecule has 0 amide bonds. The third-order valence-corrected chi connectivity index (χ3v) is 5.56. The van der Waals surface area contributed by atoms with Gasteiger partial charge in [0.05, 0.1) is 9.82 Å². The van der Waals surface area contributed by atoms with Crippen LogP contribution in [0.1, 0.15) is 12.5 Å². The first-order valence-corrected chi connectivity index (χ1v) is 8.31. The third-order valence-electron chi connectivity index (χ3n) is 3.69. The van der Waals surface area contributed by atoms with Gasteiger partial charge in [0.25, 0.3) is 5.69 Å². The Morgan fingerprint density at radius 3 is 2.41 bits per heavy atom. The number of non-ortho nitro benzene ring substituents is 1. The maximum absolute atomic E-state index is 12.6. The number of sulfonamides is 1. The fraction of sp³-hybridized carbons (Fsp3) is 0.429. The van der Waals surface area contributed by atoms with Crippen molar-refractivity contribution in [2.24, 2.45) is 0 Å². The first-order valence-electron chi connectivity index (χ1n) is 6.87. The van der Waals surface area contributed by atoms with Crippen LogP contribution in [0.25, 0.3) is 0 Å². The van der Waals surface area contributed by atoms with Crippen LogP contribution >= 0.6 is 0 Å². The number of hydrogen-bond donors (Lipinski definition) is 0. The van der Waals surface area contributed by atoms with Crippen LogP contribution in [0.5, 0.6) is 0 Å². The Balaban J connectivity index is 2.36. The van der Waals surface area contributed by atoms with E-state index >= 15 is 0 Å². The second kappa shape index (κ2) is 6.44. The van der Waals surface area contributed by atoms with Gasteiger partial charge in [-0.05, 0) is 12.6 Å². The molecule has 0 aromatic heterocycles. The summed E-state index contributed by atoms with van der Waals surface area (Å²) < 4.78 is 26.6. The van der Waals surface area contributed by atoms with Crippen molar-refractivity contribution >= 4 is 15.7 Å². The van der Waals surface area contributed by atoms with Gasteiger partial charge in [-0.2, -0.15) is 4.31 Å². The normalized spacial score (nSPS) is 17.1. The number of nitro benzene ring substituents is 1. The van der Waals surface area contributed by atoms with Crippen molar-refractivity contribution in [1.29, 1.82) is 0 Å². The third kappa shape index (κ3) is 3.27. The molecule has 0 radical (unpaired) electrons. The number of hydrogen-bond acceptors (Lipinski definition) is 5. The Labute approximate surface area is 129 Å². The van der Waals surface area contributed by atoms with E-state index in [-0.39, 0.29) is 16.1 Å². The summed E-state index contributed by atoms with van der Waals surface area (Å²) >= 11 is 0. The summed E-state index contributed by atoms with van der Waals surface area (Å²) in [5.41, 5.74) is -0.138. The molecule has 0 aliphatic carbocycles. The molecule has 1 aromatic rings. The highest BCUT2D eigenvalue weighted by atomic mass is 32.2. The molecule has 1 aliphatic rings. The fourth-order valence-corrected chi connectivity index (χ4v) is 3.84. The van der Waals surface area contributed by atoms with Crippen molar-refractivity contribution in [3.63, 3.8) is 0 Å². The van der Waals surface area contributed by atoms with Gasteiger partial charge in [-0.1, -0.05) is 12.8 Å². The Kier molecular flexibility index (Phi) is 4.81. The molecule has 2 rings (SSSR count). The van der Waals surface area contributed by atoms with Gasteiger partial charge in [-0.15, -0.1) is 6.42 Å². The Morgan fingerprint density at radius 1 is 1.27 bits per heavy atom. The van der Waals surface area contributed by atoms with Gasteiger partial charge < -0.3 is 4.90 Å². The molecule has 0 spiro atoms. The molecular weight excluding hydrogens is 306 g/mol. The molecule has 1 aromatic carbocycles. The largest absolute Gasteiger partial charge is 0.301 e. The van der Waals surface area contributed by atoms with Crippen LogP contribution in [0, 0.1) is 22.5 Å². The molecule has 1 heterocycles. The zero-order chi connectivity index (χ0) is 16.3. The highest BCUT2D eigenvalue weighted by Crippen LogP contribution is 2.24. The Hall–Kier alpha value is -1.95. The van der Waals surface area contributed by atoms with Gasteiger partial charge in [-0.3, -0.25) is 10.1 Å². The summed E-state index contributed by atoms with van der Waals surface area (Å²) in [6, 6.07) is 3.55. The number of nitrogens with zero attached hydrogens (tertiary/aromatic N) is 3. The first-order chi connectivity index (χ1) is 10.4. The topological polar surface area (TPSA) is 83.8 Å². The standard InChI is InChI=1S/C14H17N3O4S/c1-3-12-9-13(17(18)19)11-14(10-12)22(20,21)16-7-5-15(4-2)6-8-16/h1,9-11H,4-8H2,2H3. The second-order valence-corrected chi connectivity index (χ2v) is 6.89. The van der Waals surface area contributed by atoms with E-state index in [1.54, 1.807) is 0 Å². The molecule has 1 fully saturated rings. The van der Waals surface area contributed by atoms with Crippen LogP contribution in [-0.2, 0) is 10.0 Å². The number of likely N-dealkylation sites (N-methyl/N-ethyl adjacent to an activating group) is 1. The van der Waals surface area contributed by atoms with E-state index in [9.17, 15) is 18.5 Å². The maximum Gasteiger partial charge on any atom is 0.272 e. The van der Waals surface area contributed by atoms with Crippen LogP contribution < -0.4 is 0 Å². The number of rotatable bonds is 4. The lowest BCUT2D eigenvalue weighted by molar-refractivity contribution is -0.385. The predicted octanol–water partition coefficient (Wildman–Crippen LogP) is 0.902. The van der Waals surface area contributed by atoms with E-state index < -0.39 is 14.9 Å².